The maximum absolute atomic E-state index is 10.3. The van der Waals surface area contributed by atoms with E-state index in [9.17, 15) is 9.90 Å². The van der Waals surface area contributed by atoms with Crippen LogP contribution in [0.25, 0.3) is 0 Å². The van der Waals surface area contributed by atoms with Gasteiger partial charge in [-0.25, -0.2) is 4.84 Å². The topological polar surface area (TPSA) is 49.4 Å². The van der Waals surface area contributed by atoms with Crippen molar-refractivity contribution in [3.8, 4) is 0 Å². The van der Waals surface area contributed by atoms with Gasteiger partial charge in [-0.05, 0) is 6.42 Å². The van der Waals surface area contributed by atoms with Crippen LogP contribution < -0.4 is 5.11 Å². The van der Waals surface area contributed by atoms with E-state index in [0.29, 0.717) is 6.61 Å². The van der Waals surface area contributed by atoms with Gasteiger partial charge >= 0.3 is 0 Å². The Bertz CT molecular complexity index is 157. The van der Waals surface area contributed by atoms with Crippen LogP contribution in [0.15, 0.2) is 0 Å². The van der Waals surface area contributed by atoms with Gasteiger partial charge in [0.1, 0.15) is 13.2 Å². The average Bonchev–Trinajstić information content (AvgIpc) is 1.95. The highest BCUT2D eigenvalue weighted by molar-refractivity contribution is 5.65. The summed E-state index contributed by atoms with van der Waals surface area (Å²) in [6.07, 6.45) is 3.23. The molecular formula is C9H19NO3. The molecule has 0 heterocycles. The summed E-state index contributed by atoms with van der Waals surface area (Å²) in [5.74, 6) is -1.08. The number of unbranched alkanes of at least 4 members (excludes halogenated alkanes) is 2. The van der Waals surface area contributed by atoms with Crippen molar-refractivity contribution < 1.29 is 19.4 Å². The molecule has 0 aliphatic heterocycles. The third-order valence-corrected chi connectivity index (χ3v) is 1.70. The first kappa shape index (κ1) is 12.4. The Balaban J connectivity index is 3.56. The van der Waals surface area contributed by atoms with Gasteiger partial charge in [-0.3, -0.25) is 0 Å². The highest BCUT2D eigenvalue weighted by Crippen LogP contribution is 2.01. The van der Waals surface area contributed by atoms with E-state index in [2.05, 4.69) is 6.92 Å². The van der Waals surface area contributed by atoms with Crippen molar-refractivity contribution >= 4 is 5.97 Å². The summed E-state index contributed by atoms with van der Waals surface area (Å²) in [4.78, 5) is 15.7. The van der Waals surface area contributed by atoms with Gasteiger partial charge in [0.25, 0.3) is 0 Å². The molecule has 0 atom stereocenters. The lowest BCUT2D eigenvalue weighted by molar-refractivity contribution is -1.07. The van der Waals surface area contributed by atoms with Crippen LogP contribution in [0.1, 0.15) is 26.2 Å². The number of nitrogens with zero attached hydrogens (tertiary/aromatic N) is 1. The number of hydroxylamine groups is 3. The number of carboxylic acids is 1. The zero-order valence-electron chi connectivity index (χ0n) is 8.71. The molecule has 4 nitrogen and oxygen atoms in total. The summed E-state index contributed by atoms with van der Waals surface area (Å²) in [7, 11) is 3.42. The van der Waals surface area contributed by atoms with Gasteiger partial charge in [-0.1, -0.05) is 19.8 Å². The fourth-order valence-electron chi connectivity index (χ4n) is 1.02. The lowest BCUT2D eigenvalue weighted by Gasteiger charge is -2.26. The molecule has 0 unspecified atom stereocenters. The lowest BCUT2D eigenvalue weighted by atomic mass is 10.3. The van der Waals surface area contributed by atoms with Gasteiger partial charge < -0.3 is 9.90 Å². The second-order valence-corrected chi connectivity index (χ2v) is 3.64. The molecule has 0 bridgehead atoms. The first-order valence-corrected chi connectivity index (χ1v) is 4.65. The Kier molecular flexibility index (Phi) is 5.66. The molecule has 0 aliphatic rings. The van der Waals surface area contributed by atoms with E-state index in [1.807, 2.05) is 0 Å². The monoisotopic (exact) mass is 189 g/mol. The molecule has 0 aromatic heterocycles. The van der Waals surface area contributed by atoms with Gasteiger partial charge in [0.15, 0.2) is 0 Å². The molecular weight excluding hydrogens is 170 g/mol. The minimum Gasteiger partial charge on any atom is -0.544 e. The summed E-state index contributed by atoms with van der Waals surface area (Å²) < 4.78 is 0.0338. The molecule has 0 aromatic rings. The lowest BCUT2D eigenvalue weighted by Crippen LogP contribution is -2.48. The van der Waals surface area contributed by atoms with Gasteiger partial charge in [0.2, 0.25) is 0 Å². The van der Waals surface area contributed by atoms with E-state index >= 15 is 0 Å². The van der Waals surface area contributed by atoms with Gasteiger partial charge in [0.05, 0.1) is 20.1 Å². The number of carboxylic acid groups (broad SMARTS) is 1. The number of carbonyl (C=O) groups is 1. The van der Waals surface area contributed by atoms with Gasteiger partial charge in [-0.15, -0.1) is 0 Å². The van der Waals surface area contributed by atoms with Crippen LogP contribution in [0, 0.1) is 0 Å². The molecule has 78 valence electrons. The molecule has 0 spiro atoms. The third kappa shape index (κ3) is 7.74. The zero-order valence-corrected chi connectivity index (χ0v) is 8.71. The summed E-state index contributed by atoms with van der Waals surface area (Å²) in [5.41, 5.74) is 0. The van der Waals surface area contributed by atoms with Crippen LogP contribution in [0.3, 0.4) is 0 Å². The Morgan fingerprint density at radius 2 is 2.00 bits per heavy atom. The quantitative estimate of drug-likeness (QED) is 0.320. The minimum atomic E-state index is -1.08. The average molecular weight is 189 g/mol. The molecule has 0 N–H and O–H groups in total. The Hall–Kier alpha value is -0.610. The standard InChI is InChI=1S/C9H19NO3/c1-4-5-6-7-13-10(2,3)8-9(11)12/h4-8H2,1-3H3. The molecule has 13 heavy (non-hydrogen) atoms. The van der Waals surface area contributed by atoms with E-state index in [-0.39, 0.29) is 11.2 Å². The van der Waals surface area contributed by atoms with Crippen LogP contribution in [0.5, 0.6) is 0 Å². The van der Waals surface area contributed by atoms with Crippen molar-refractivity contribution in [1.29, 1.82) is 0 Å². The summed E-state index contributed by atoms with van der Waals surface area (Å²) in [6, 6.07) is 0. The van der Waals surface area contributed by atoms with Crippen LogP contribution in [0.4, 0.5) is 0 Å². The molecule has 0 amide bonds. The smallest absolute Gasteiger partial charge is 0.148 e. The number of hydrogen-bond donors (Lipinski definition) is 0. The van der Waals surface area contributed by atoms with Gasteiger partial charge in [-0.2, -0.15) is 4.65 Å². The molecule has 0 fully saturated rings. The van der Waals surface area contributed by atoms with Crippen molar-refractivity contribution in [2.24, 2.45) is 0 Å². The highest BCUT2D eigenvalue weighted by Gasteiger charge is 2.16. The van der Waals surface area contributed by atoms with Crippen LogP contribution in [0.2, 0.25) is 0 Å². The number of carbonyl (C=O) groups excluding carboxylic acids is 1. The third-order valence-electron chi connectivity index (χ3n) is 1.70. The molecule has 0 aliphatic carbocycles. The van der Waals surface area contributed by atoms with E-state index in [1.54, 1.807) is 14.1 Å². The Labute approximate surface area is 79.7 Å². The van der Waals surface area contributed by atoms with Crippen LogP contribution >= 0.6 is 0 Å². The number of aliphatic carboxylic acids is 1. The van der Waals surface area contributed by atoms with E-state index in [1.165, 1.54) is 0 Å². The van der Waals surface area contributed by atoms with E-state index < -0.39 is 5.97 Å². The van der Waals surface area contributed by atoms with E-state index in [4.69, 9.17) is 4.84 Å². The van der Waals surface area contributed by atoms with Crippen molar-refractivity contribution in [1.82, 2.24) is 0 Å². The van der Waals surface area contributed by atoms with Crippen molar-refractivity contribution in [2.75, 3.05) is 27.2 Å². The van der Waals surface area contributed by atoms with Crippen molar-refractivity contribution in [3.05, 3.63) is 0 Å². The maximum atomic E-state index is 10.3. The SMILES string of the molecule is CCCCCO[N+](C)(C)CC(=O)[O-]. The normalized spacial score (nSPS) is 11.6. The molecule has 4 heteroatoms. The zero-order chi connectivity index (χ0) is 10.3. The fraction of sp³-hybridized carbons (Fsp3) is 0.889. The fourth-order valence-corrected chi connectivity index (χ4v) is 1.02. The first-order chi connectivity index (χ1) is 5.98. The molecule has 0 aromatic carbocycles. The van der Waals surface area contributed by atoms with Crippen LogP contribution in [-0.2, 0) is 9.63 Å². The number of hydrogen-bond acceptors (Lipinski definition) is 3. The Morgan fingerprint density at radius 3 is 2.46 bits per heavy atom. The summed E-state index contributed by atoms with van der Waals surface area (Å²) in [5, 5.41) is 10.3. The summed E-state index contributed by atoms with van der Waals surface area (Å²) in [6.45, 7) is 2.61. The maximum Gasteiger partial charge on any atom is 0.148 e. The predicted molar refractivity (Wildman–Crippen MR) is 47.5 cm³/mol. The largest absolute Gasteiger partial charge is 0.544 e. The first-order valence-electron chi connectivity index (χ1n) is 4.65. The van der Waals surface area contributed by atoms with Crippen LogP contribution in [-0.4, -0.2) is 37.9 Å². The predicted octanol–water partition coefficient (Wildman–Crippen LogP) is -0.0655. The van der Waals surface area contributed by atoms with E-state index in [0.717, 1.165) is 19.3 Å². The summed E-state index contributed by atoms with van der Waals surface area (Å²) >= 11 is 0. The second-order valence-electron chi connectivity index (χ2n) is 3.64. The number of quaternary nitrogens is 1. The Morgan fingerprint density at radius 1 is 1.38 bits per heavy atom. The minimum absolute atomic E-state index is 0.0338. The number of likely N-dealkylation sites (N-methyl/N-ethyl adjacent to an activating group) is 1. The van der Waals surface area contributed by atoms with Crippen molar-refractivity contribution in [3.63, 3.8) is 0 Å². The van der Waals surface area contributed by atoms with Gasteiger partial charge in [0, 0.05) is 0 Å². The molecule has 0 rings (SSSR count). The number of rotatable bonds is 7. The molecule has 0 radical (unpaired) electrons. The molecule has 0 saturated carbocycles. The highest BCUT2D eigenvalue weighted by atomic mass is 16.7. The molecule has 0 saturated heterocycles. The second kappa shape index (κ2) is 5.94. The van der Waals surface area contributed by atoms with Crippen molar-refractivity contribution in [2.45, 2.75) is 26.2 Å².